The maximum atomic E-state index is 12.9. The molecule has 1 N–H and O–H groups in total. The van der Waals surface area contributed by atoms with Crippen molar-refractivity contribution in [1.82, 2.24) is 20.0 Å². The minimum Gasteiger partial charge on any atom is -0.342 e. The standard InChI is InChI=1S/C16H19FN4O2/c1-11-8-14(21(3)19-11)16(23)18-9-15(22)20(2)10-12-4-6-13(17)7-5-12/h4-8H,9-10H2,1-3H3,(H,18,23). The van der Waals surface area contributed by atoms with Gasteiger partial charge >= 0.3 is 0 Å². The largest absolute Gasteiger partial charge is 0.342 e. The lowest BCUT2D eigenvalue weighted by Gasteiger charge is -2.17. The fourth-order valence-corrected chi connectivity index (χ4v) is 2.16. The Labute approximate surface area is 133 Å². The van der Waals surface area contributed by atoms with E-state index in [0.717, 1.165) is 11.3 Å². The first-order valence-electron chi connectivity index (χ1n) is 7.14. The van der Waals surface area contributed by atoms with Crippen LogP contribution in [0.4, 0.5) is 4.39 Å². The van der Waals surface area contributed by atoms with Crippen LogP contribution in [0.5, 0.6) is 0 Å². The summed E-state index contributed by atoms with van der Waals surface area (Å²) in [4.78, 5) is 25.5. The SMILES string of the molecule is Cc1cc(C(=O)NCC(=O)N(C)Cc2ccc(F)cc2)n(C)n1. The Morgan fingerprint density at radius 2 is 1.96 bits per heavy atom. The first-order chi connectivity index (χ1) is 10.9. The van der Waals surface area contributed by atoms with Crippen molar-refractivity contribution in [3.63, 3.8) is 0 Å². The third-order valence-electron chi connectivity index (χ3n) is 3.39. The smallest absolute Gasteiger partial charge is 0.269 e. The molecule has 2 rings (SSSR count). The van der Waals surface area contributed by atoms with Crippen LogP contribution in [0.1, 0.15) is 21.7 Å². The van der Waals surface area contributed by atoms with Crippen LogP contribution >= 0.6 is 0 Å². The van der Waals surface area contributed by atoms with E-state index in [4.69, 9.17) is 0 Å². The predicted octanol–water partition coefficient (Wildman–Crippen LogP) is 1.26. The molecule has 0 atom stereocenters. The van der Waals surface area contributed by atoms with Crippen molar-refractivity contribution < 1.29 is 14.0 Å². The zero-order valence-electron chi connectivity index (χ0n) is 13.3. The molecule has 0 spiro atoms. The van der Waals surface area contributed by atoms with Crippen molar-refractivity contribution in [3.05, 3.63) is 53.1 Å². The summed E-state index contributed by atoms with van der Waals surface area (Å²) in [6.45, 7) is 2.03. The fraction of sp³-hybridized carbons (Fsp3) is 0.312. The highest BCUT2D eigenvalue weighted by molar-refractivity contribution is 5.95. The number of rotatable bonds is 5. The molecule has 0 bridgehead atoms. The van der Waals surface area contributed by atoms with Crippen LogP contribution in [-0.2, 0) is 18.4 Å². The molecule has 0 saturated heterocycles. The van der Waals surface area contributed by atoms with Gasteiger partial charge in [0.25, 0.3) is 5.91 Å². The van der Waals surface area contributed by atoms with Crippen LogP contribution in [0.3, 0.4) is 0 Å². The van der Waals surface area contributed by atoms with E-state index in [2.05, 4.69) is 10.4 Å². The molecule has 0 aliphatic heterocycles. The summed E-state index contributed by atoms with van der Waals surface area (Å²) in [5.41, 5.74) is 1.95. The number of aryl methyl sites for hydroxylation is 2. The molecule has 0 saturated carbocycles. The molecule has 0 aliphatic rings. The van der Waals surface area contributed by atoms with E-state index >= 15 is 0 Å². The summed E-state index contributed by atoms with van der Waals surface area (Å²) in [6, 6.07) is 7.59. The first kappa shape index (κ1) is 16.7. The quantitative estimate of drug-likeness (QED) is 0.902. The molecular weight excluding hydrogens is 299 g/mol. The Morgan fingerprint density at radius 1 is 1.30 bits per heavy atom. The normalized spacial score (nSPS) is 10.4. The molecule has 0 radical (unpaired) electrons. The van der Waals surface area contributed by atoms with E-state index in [1.807, 2.05) is 0 Å². The zero-order chi connectivity index (χ0) is 17.0. The number of hydrogen-bond donors (Lipinski definition) is 1. The summed E-state index contributed by atoms with van der Waals surface area (Å²) < 4.78 is 14.3. The van der Waals surface area contributed by atoms with Gasteiger partial charge in [0, 0.05) is 20.6 Å². The molecule has 6 nitrogen and oxygen atoms in total. The third-order valence-corrected chi connectivity index (χ3v) is 3.39. The van der Waals surface area contributed by atoms with Gasteiger partial charge in [-0.25, -0.2) is 4.39 Å². The summed E-state index contributed by atoms with van der Waals surface area (Å²) in [6.07, 6.45) is 0. The lowest BCUT2D eigenvalue weighted by Crippen LogP contribution is -2.38. The molecule has 1 aromatic carbocycles. The number of benzene rings is 1. The fourth-order valence-electron chi connectivity index (χ4n) is 2.16. The van der Waals surface area contributed by atoms with Crippen LogP contribution in [0.15, 0.2) is 30.3 Å². The average molecular weight is 318 g/mol. The van der Waals surface area contributed by atoms with E-state index in [9.17, 15) is 14.0 Å². The molecule has 1 heterocycles. The highest BCUT2D eigenvalue weighted by Gasteiger charge is 2.15. The van der Waals surface area contributed by atoms with Gasteiger partial charge in [0.1, 0.15) is 11.5 Å². The van der Waals surface area contributed by atoms with Crippen molar-refractivity contribution in [1.29, 1.82) is 0 Å². The van der Waals surface area contributed by atoms with Crippen LogP contribution < -0.4 is 5.32 Å². The van der Waals surface area contributed by atoms with Gasteiger partial charge in [0.05, 0.1) is 12.2 Å². The minimum absolute atomic E-state index is 0.110. The summed E-state index contributed by atoms with van der Waals surface area (Å²) in [5.74, 6) is -0.903. The maximum absolute atomic E-state index is 12.9. The Kier molecular flexibility index (Phi) is 5.10. The molecule has 1 aromatic heterocycles. The highest BCUT2D eigenvalue weighted by Crippen LogP contribution is 2.06. The van der Waals surface area contributed by atoms with Crippen molar-refractivity contribution >= 4 is 11.8 Å². The lowest BCUT2D eigenvalue weighted by molar-refractivity contribution is -0.129. The number of nitrogens with one attached hydrogen (secondary N) is 1. The second kappa shape index (κ2) is 7.04. The maximum Gasteiger partial charge on any atom is 0.269 e. The number of halogens is 1. The number of hydrogen-bond acceptors (Lipinski definition) is 3. The van der Waals surface area contributed by atoms with E-state index in [-0.39, 0.29) is 24.2 Å². The second-order valence-corrected chi connectivity index (χ2v) is 5.35. The van der Waals surface area contributed by atoms with Gasteiger partial charge in [-0.05, 0) is 30.7 Å². The van der Waals surface area contributed by atoms with Gasteiger partial charge in [-0.3, -0.25) is 14.3 Å². The van der Waals surface area contributed by atoms with Gasteiger partial charge in [-0.2, -0.15) is 5.10 Å². The average Bonchev–Trinajstić information content (AvgIpc) is 2.85. The lowest BCUT2D eigenvalue weighted by atomic mass is 10.2. The van der Waals surface area contributed by atoms with Gasteiger partial charge < -0.3 is 10.2 Å². The molecule has 0 fully saturated rings. The monoisotopic (exact) mass is 318 g/mol. The summed E-state index contributed by atoms with van der Waals surface area (Å²) in [5, 5.41) is 6.66. The zero-order valence-corrected chi connectivity index (χ0v) is 13.3. The molecule has 0 aliphatic carbocycles. The van der Waals surface area contributed by atoms with Gasteiger partial charge in [-0.1, -0.05) is 12.1 Å². The van der Waals surface area contributed by atoms with E-state index < -0.39 is 0 Å². The molecular formula is C16H19FN4O2. The van der Waals surface area contributed by atoms with Gasteiger partial charge in [0.2, 0.25) is 5.91 Å². The Hall–Kier alpha value is -2.70. The van der Waals surface area contributed by atoms with Gasteiger partial charge in [0.15, 0.2) is 0 Å². The molecule has 2 aromatic rings. The number of carbonyl (C=O) groups is 2. The predicted molar refractivity (Wildman–Crippen MR) is 83.2 cm³/mol. The molecule has 0 unspecified atom stereocenters. The Balaban J connectivity index is 1.87. The third kappa shape index (κ3) is 4.38. The number of aromatic nitrogens is 2. The summed E-state index contributed by atoms with van der Waals surface area (Å²) >= 11 is 0. The Morgan fingerprint density at radius 3 is 2.52 bits per heavy atom. The van der Waals surface area contributed by atoms with E-state index in [0.29, 0.717) is 12.2 Å². The van der Waals surface area contributed by atoms with E-state index in [1.54, 1.807) is 39.2 Å². The summed E-state index contributed by atoms with van der Waals surface area (Å²) in [7, 11) is 3.30. The minimum atomic E-state index is -0.350. The first-order valence-corrected chi connectivity index (χ1v) is 7.14. The molecule has 2 amide bonds. The Bertz CT molecular complexity index is 709. The number of amides is 2. The van der Waals surface area contributed by atoms with Crippen LogP contribution in [0.2, 0.25) is 0 Å². The van der Waals surface area contributed by atoms with Crippen LogP contribution in [-0.4, -0.2) is 40.1 Å². The number of likely N-dealkylation sites (N-methyl/N-ethyl adjacent to an activating group) is 1. The van der Waals surface area contributed by atoms with Crippen LogP contribution in [0.25, 0.3) is 0 Å². The van der Waals surface area contributed by atoms with Crippen molar-refractivity contribution in [2.75, 3.05) is 13.6 Å². The second-order valence-electron chi connectivity index (χ2n) is 5.35. The molecule has 7 heteroatoms. The number of nitrogens with zero attached hydrogens (tertiary/aromatic N) is 3. The van der Waals surface area contributed by atoms with Crippen molar-refractivity contribution in [2.45, 2.75) is 13.5 Å². The number of carbonyl (C=O) groups excluding carboxylic acids is 2. The van der Waals surface area contributed by atoms with Crippen LogP contribution in [0, 0.1) is 12.7 Å². The van der Waals surface area contributed by atoms with Gasteiger partial charge in [-0.15, -0.1) is 0 Å². The topological polar surface area (TPSA) is 67.2 Å². The molecule has 23 heavy (non-hydrogen) atoms. The van der Waals surface area contributed by atoms with E-state index in [1.165, 1.54) is 21.7 Å². The highest BCUT2D eigenvalue weighted by atomic mass is 19.1. The van der Waals surface area contributed by atoms with Crippen molar-refractivity contribution in [2.24, 2.45) is 7.05 Å². The van der Waals surface area contributed by atoms with Crippen molar-refractivity contribution in [3.8, 4) is 0 Å². The molecule has 122 valence electrons.